The minimum absolute atomic E-state index is 0.0878. The molecule has 0 aromatic carbocycles. The van der Waals surface area contributed by atoms with Crippen LogP contribution < -0.4 is 17.2 Å². The van der Waals surface area contributed by atoms with Gasteiger partial charge in [0.25, 0.3) is 0 Å². The lowest BCUT2D eigenvalue weighted by Gasteiger charge is -2.37. The molecule has 2 aliphatic heterocycles. The van der Waals surface area contributed by atoms with Crippen molar-refractivity contribution in [2.45, 2.75) is 57.0 Å². The molecule has 0 spiro atoms. The molecule has 0 aliphatic carbocycles. The summed E-state index contributed by atoms with van der Waals surface area (Å²) in [5, 5.41) is 14.2. The second-order valence-electron chi connectivity index (χ2n) is 7.44. The zero-order valence-electron chi connectivity index (χ0n) is 19.1. The van der Waals surface area contributed by atoms with Gasteiger partial charge in [-0.05, 0) is 32.6 Å². The van der Waals surface area contributed by atoms with Crippen LogP contribution in [-0.2, 0) is 19.1 Å². The number of esters is 1. The predicted molar refractivity (Wildman–Crippen MR) is 113 cm³/mol. The highest BCUT2D eigenvalue weighted by atomic mass is 19.4. The van der Waals surface area contributed by atoms with Crippen LogP contribution in [0.3, 0.4) is 0 Å². The number of hydrogen-bond acceptors (Lipinski definition) is 8. The maximum Gasteiger partial charge on any atom is 0.490 e. The third-order valence-electron chi connectivity index (χ3n) is 4.71. The molecule has 12 nitrogen and oxygen atoms in total. The van der Waals surface area contributed by atoms with Gasteiger partial charge in [0.1, 0.15) is 0 Å². The van der Waals surface area contributed by atoms with Gasteiger partial charge < -0.3 is 37.1 Å². The molecule has 2 heterocycles. The first-order valence-corrected chi connectivity index (χ1v) is 10.3. The Labute approximate surface area is 201 Å². The second kappa shape index (κ2) is 14.2. The number of rotatable bonds is 6. The van der Waals surface area contributed by atoms with Gasteiger partial charge in [0, 0.05) is 19.1 Å². The number of guanidine groups is 2. The molecule has 0 saturated carbocycles. The van der Waals surface area contributed by atoms with Crippen LogP contribution in [0.2, 0.25) is 0 Å². The molecule has 208 valence electrons. The molecule has 0 radical (unpaired) electrons. The van der Waals surface area contributed by atoms with Crippen molar-refractivity contribution in [2.75, 3.05) is 19.7 Å². The van der Waals surface area contributed by atoms with E-state index in [-0.39, 0.29) is 29.9 Å². The van der Waals surface area contributed by atoms with Gasteiger partial charge in [0.15, 0.2) is 11.9 Å². The number of nitrogens with zero attached hydrogens (tertiary/aromatic N) is 3. The molecule has 0 aromatic heterocycles. The quantitative estimate of drug-likeness (QED) is 0.105. The standard InChI is InChI=1S/C14H26N6O2.2C2HF3O2/c1-9-11(10-5-4-7-20(10)14(17)19-9)12(21)22-8-3-2-6-18-13(15)16;2*3-2(4,5)1(6)7/h9-11H,2-8H2,1H3,(H2,17,19)(H4,15,16,18);2*(H,6,7)/t9-,10+,11+;;/m1../s1. The molecule has 1 saturated heterocycles. The zero-order valence-corrected chi connectivity index (χ0v) is 19.1. The van der Waals surface area contributed by atoms with Crippen molar-refractivity contribution in [2.24, 2.45) is 33.1 Å². The molecule has 0 amide bonds. The van der Waals surface area contributed by atoms with Gasteiger partial charge >= 0.3 is 30.3 Å². The van der Waals surface area contributed by atoms with Crippen LogP contribution in [0.1, 0.15) is 32.6 Å². The Morgan fingerprint density at radius 1 is 1.08 bits per heavy atom. The number of halogens is 6. The number of ether oxygens (including phenoxy) is 1. The number of carboxylic acid groups (broad SMARTS) is 2. The Balaban J connectivity index is 0.000000720. The summed E-state index contributed by atoms with van der Waals surface area (Å²) in [7, 11) is 0. The van der Waals surface area contributed by atoms with Crippen LogP contribution in [0.25, 0.3) is 0 Å². The normalized spacial score (nSPS) is 20.9. The topological polar surface area (TPSA) is 207 Å². The Bertz CT molecular complexity index is 791. The monoisotopic (exact) mass is 538 g/mol. The molecule has 8 N–H and O–H groups in total. The summed E-state index contributed by atoms with van der Waals surface area (Å²) in [6, 6.07) is -0.00451. The number of aliphatic carboxylic acids is 2. The molecule has 0 unspecified atom stereocenters. The summed E-state index contributed by atoms with van der Waals surface area (Å²) in [6.07, 6.45) is -6.64. The highest BCUT2D eigenvalue weighted by Crippen LogP contribution is 2.31. The van der Waals surface area contributed by atoms with Gasteiger partial charge in [0.05, 0.1) is 18.6 Å². The van der Waals surface area contributed by atoms with Gasteiger partial charge in [-0.2, -0.15) is 26.3 Å². The number of carboxylic acids is 2. The highest BCUT2D eigenvalue weighted by molar-refractivity contribution is 5.83. The minimum atomic E-state index is -5.08. The van der Waals surface area contributed by atoms with Crippen molar-refractivity contribution in [3.05, 3.63) is 0 Å². The third-order valence-corrected chi connectivity index (χ3v) is 4.71. The Morgan fingerprint density at radius 2 is 1.58 bits per heavy atom. The minimum Gasteiger partial charge on any atom is -0.475 e. The van der Waals surface area contributed by atoms with E-state index in [0.29, 0.717) is 19.1 Å². The average Bonchev–Trinajstić information content (AvgIpc) is 3.20. The van der Waals surface area contributed by atoms with Crippen LogP contribution in [0.15, 0.2) is 9.98 Å². The molecule has 1 fully saturated rings. The number of carbonyl (C=O) groups excluding carboxylic acids is 1. The largest absolute Gasteiger partial charge is 0.490 e. The Kier molecular flexibility index (Phi) is 12.8. The highest BCUT2D eigenvalue weighted by Gasteiger charge is 2.44. The van der Waals surface area contributed by atoms with Crippen LogP contribution in [0.5, 0.6) is 0 Å². The second-order valence-corrected chi connectivity index (χ2v) is 7.44. The van der Waals surface area contributed by atoms with Gasteiger partial charge in [-0.3, -0.25) is 9.79 Å². The molecular formula is C18H28F6N6O6. The molecule has 18 heteroatoms. The van der Waals surface area contributed by atoms with Crippen molar-refractivity contribution in [1.82, 2.24) is 4.90 Å². The van der Waals surface area contributed by atoms with Crippen molar-refractivity contribution in [3.8, 4) is 0 Å². The first kappa shape index (κ1) is 32.5. The van der Waals surface area contributed by atoms with Gasteiger partial charge in [-0.25, -0.2) is 14.6 Å². The SMILES string of the molecule is C[C@H]1N=C(N)N2CCC[C@H]2[C@H]1C(=O)OCCCCN=C(N)N.O=C(O)C(F)(F)F.O=C(O)C(F)(F)F. The van der Waals surface area contributed by atoms with Crippen LogP contribution >= 0.6 is 0 Å². The van der Waals surface area contributed by atoms with E-state index in [1.807, 2.05) is 11.8 Å². The lowest BCUT2D eigenvalue weighted by molar-refractivity contribution is -0.193. The van der Waals surface area contributed by atoms with Crippen molar-refractivity contribution >= 4 is 29.8 Å². The van der Waals surface area contributed by atoms with E-state index in [1.165, 1.54) is 0 Å². The van der Waals surface area contributed by atoms with Gasteiger partial charge in [-0.1, -0.05) is 0 Å². The van der Waals surface area contributed by atoms with E-state index in [4.69, 9.17) is 41.7 Å². The number of fused-ring (bicyclic) bond motifs is 1. The molecule has 2 aliphatic rings. The summed E-state index contributed by atoms with van der Waals surface area (Å²) in [5.41, 5.74) is 16.4. The van der Waals surface area contributed by atoms with Crippen LogP contribution in [-0.4, -0.2) is 89.1 Å². The lowest BCUT2D eigenvalue weighted by Crippen LogP contribution is -2.54. The van der Waals surface area contributed by atoms with Gasteiger partial charge in [-0.15, -0.1) is 0 Å². The molecule has 0 aromatic rings. The van der Waals surface area contributed by atoms with E-state index in [9.17, 15) is 31.1 Å². The fourth-order valence-corrected chi connectivity index (χ4v) is 3.18. The lowest BCUT2D eigenvalue weighted by atomic mass is 9.90. The van der Waals surface area contributed by atoms with Crippen molar-refractivity contribution in [1.29, 1.82) is 0 Å². The van der Waals surface area contributed by atoms with E-state index in [2.05, 4.69) is 9.98 Å². The fraction of sp³-hybridized carbons (Fsp3) is 0.722. The molecule has 3 atom stereocenters. The van der Waals surface area contributed by atoms with E-state index >= 15 is 0 Å². The molecule has 36 heavy (non-hydrogen) atoms. The van der Waals surface area contributed by atoms with Crippen molar-refractivity contribution < 1.29 is 55.7 Å². The van der Waals surface area contributed by atoms with E-state index in [1.54, 1.807) is 0 Å². The van der Waals surface area contributed by atoms with Crippen molar-refractivity contribution in [3.63, 3.8) is 0 Å². The summed E-state index contributed by atoms with van der Waals surface area (Å²) < 4.78 is 68.9. The fourth-order valence-electron chi connectivity index (χ4n) is 3.18. The van der Waals surface area contributed by atoms with E-state index in [0.717, 1.165) is 32.2 Å². The zero-order chi connectivity index (χ0) is 28.3. The number of unbranched alkanes of at least 4 members (excludes halogenated alkanes) is 1. The number of aliphatic imine (C=N–C) groups is 2. The van der Waals surface area contributed by atoms with Crippen LogP contribution in [0, 0.1) is 5.92 Å². The smallest absolute Gasteiger partial charge is 0.475 e. The van der Waals surface area contributed by atoms with E-state index < -0.39 is 24.3 Å². The summed E-state index contributed by atoms with van der Waals surface area (Å²) in [6.45, 7) is 3.73. The Morgan fingerprint density at radius 3 is 2.03 bits per heavy atom. The average molecular weight is 538 g/mol. The summed E-state index contributed by atoms with van der Waals surface area (Å²) in [5.74, 6) is -5.28. The maximum atomic E-state index is 12.4. The first-order chi connectivity index (χ1) is 16.4. The number of hydrogen-bond donors (Lipinski definition) is 5. The number of nitrogens with two attached hydrogens (primary N) is 3. The van der Waals surface area contributed by atoms with Gasteiger partial charge in [0.2, 0.25) is 0 Å². The first-order valence-electron chi connectivity index (χ1n) is 10.3. The molecule has 2 rings (SSSR count). The number of carbonyl (C=O) groups is 3. The predicted octanol–water partition coefficient (Wildman–Crippen LogP) is 0.647. The third kappa shape index (κ3) is 11.8. The molecule has 0 bridgehead atoms. The number of alkyl halides is 6. The molecular weight excluding hydrogens is 510 g/mol. The van der Waals surface area contributed by atoms with Crippen LogP contribution in [0.4, 0.5) is 26.3 Å². The summed E-state index contributed by atoms with van der Waals surface area (Å²) in [4.78, 5) is 40.5. The maximum absolute atomic E-state index is 12.4. The summed E-state index contributed by atoms with van der Waals surface area (Å²) >= 11 is 0. The Hall–Kier alpha value is -3.47.